The first-order valence-electron chi connectivity index (χ1n) is 12.7. The maximum Gasteiger partial charge on any atom is 0.523 e. The second kappa shape index (κ2) is 11.5. The first kappa shape index (κ1) is 32.0. The Morgan fingerprint density at radius 2 is 1.15 bits per heavy atom. The number of allylic oxidation sites excluding steroid dienone is 2. The number of thioether (sulfide) groups is 1. The third kappa shape index (κ3) is 5.07. The van der Waals surface area contributed by atoms with Crippen molar-refractivity contribution < 1.29 is 39.5 Å². The Labute approximate surface area is 257 Å². The second-order valence-corrected chi connectivity index (χ2v) is 11.0. The summed E-state index contributed by atoms with van der Waals surface area (Å²) >= 11 is -0.759. The van der Waals surface area contributed by atoms with Gasteiger partial charge in [0.15, 0.2) is 34.9 Å². The Kier molecular flexibility index (Phi) is 7.98. The molecule has 0 unspecified atom stereocenters. The largest absolute Gasteiger partial charge is 0.523 e. The molecule has 0 bridgehead atoms. The van der Waals surface area contributed by atoms with Crippen molar-refractivity contribution in [2.75, 3.05) is 0 Å². The molecule has 2 aliphatic carbocycles. The molecule has 4 nitrogen and oxygen atoms in total. The summed E-state index contributed by atoms with van der Waals surface area (Å²) in [4.78, 5) is 5.62. The van der Waals surface area contributed by atoms with Gasteiger partial charge in [-0.25, -0.2) is 26.3 Å². The molecule has 46 heavy (non-hydrogen) atoms. The SMILES string of the molecule is [C-]#[N+]C([N+]#[C-])=C1Cc2c(-c3cc(F)c(F)c(F)c3)c3c(c(-c4cc(F)c(F)c(F)c4)c2=C1C)CC(=C(C#N)C#N)C=3SC(F)(F)F. The fourth-order valence-electron chi connectivity index (χ4n) is 5.77. The van der Waals surface area contributed by atoms with E-state index in [0.717, 1.165) is 0 Å². The van der Waals surface area contributed by atoms with Crippen LogP contribution in [0.5, 0.6) is 0 Å². The van der Waals surface area contributed by atoms with E-state index in [1.807, 2.05) is 0 Å². The molecule has 2 aliphatic rings. The third-order valence-corrected chi connectivity index (χ3v) is 8.40. The number of hydrogen-bond donors (Lipinski definition) is 0. The van der Waals surface area contributed by atoms with Crippen LogP contribution in [0.4, 0.5) is 39.5 Å². The van der Waals surface area contributed by atoms with Gasteiger partial charge < -0.3 is 0 Å². The van der Waals surface area contributed by atoms with Crippen molar-refractivity contribution in [1.82, 2.24) is 0 Å². The van der Waals surface area contributed by atoms with Crippen LogP contribution < -0.4 is 10.4 Å². The van der Waals surface area contributed by atoms with Crippen molar-refractivity contribution in [3.63, 3.8) is 0 Å². The third-order valence-electron chi connectivity index (χ3n) is 7.51. The Bertz CT molecular complexity index is 2210. The normalized spacial score (nSPS) is 13.5. The fourth-order valence-corrected chi connectivity index (χ4v) is 6.63. The molecule has 0 N–H and O–H groups in total. The zero-order valence-corrected chi connectivity index (χ0v) is 23.6. The molecule has 0 heterocycles. The Balaban J connectivity index is 2.18. The standard InChI is InChI=1S/C32H11F9N4S/c1-12-16(31(44-2)45-3)8-18-24(12)25(13-4-20(33)28(37)21(34)5-13)19-9-17(15(10-42)11-43)30(46-32(39,40)41)27(19)26(18)14-6-22(35)29(38)23(36)7-14/h4-7H,8-9H2,1H3. The molecule has 0 fully saturated rings. The molecule has 228 valence electrons. The van der Waals surface area contributed by atoms with E-state index in [1.54, 1.807) is 0 Å². The molecule has 3 aromatic rings. The van der Waals surface area contributed by atoms with Crippen LogP contribution in [0.1, 0.15) is 18.1 Å². The summed E-state index contributed by atoms with van der Waals surface area (Å²) in [6, 6.07) is 5.20. The lowest BCUT2D eigenvalue weighted by atomic mass is 9.86. The van der Waals surface area contributed by atoms with Crippen molar-refractivity contribution in [2.24, 2.45) is 0 Å². The van der Waals surface area contributed by atoms with Crippen LogP contribution in [-0.2, 0) is 12.8 Å². The van der Waals surface area contributed by atoms with Gasteiger partial charge in [0.25, 0.3) is 0 Å². The summed E-state index contributed by atoms with van der Waals surface area (Å²) in [7, 11) is 0. The molecule has 0 saturated carbocycles. The van der Waals surface area contributed by atoms with Crippen molar-refractivity contribution in [2.45, 2.75) is 25.3 Å². The van der Waals surface area contributed by atoms with Gasteiger partial charge in [-0.05, 0) is 99.1 Å². The lowest BCUT2D eigenvalue weighted by Crippen LogP contribution is -2.25. The van der Waals surface area contributed by atoms with Crippen LogP contribution in [0.25, 0.3) is 42.4 Å². The number of alkyl halides is 3. The summed E-state index contributed by atoms with van der Waals surface area (Å²) in [5.41, 5.74) is -7.78. The monoisotopic (exact) mass is 654 g/mol. The van der Waals surface area contributed by atoms with Crippen LogP contribution in [-0.4, -0.2) is 5.51 Å². The van der Waals surface area contributed by atoms with Gasteiger partial charge in [0, 0.05) is 16.5 Å². The van der Waals surface area contributed by atoms with Crippen molar-refractivity contribution in [3.8, 4) is 34.4 Å². The molecular weight excluding hydrogens is 643 g/mol. The maximum atomic E-state index is 14.7. The van der Waals surface area contributed by atoms with E-state index in [2.05, 4.69) is 9.69 Å². The highest BCUT2D eigenvalue weighted by Crippen LogP contribution is 2.47. The Morgan fingerprint density at radius 1 is 0.739 bits per heavy atom. The van der Waals surface area contributed by atoms with Gasteiger partial charge in [0.1, 0.15) is 30.9 Å². The molecule has 0 aromatic heterocycles. The first-order chi connectivity index (χ1) is 21.7. The molecular formula is C32H11F9N4S. The minimum Gasteiger partial charge on any atom is -0.204 e. The van der Waals surface area contributed by atoms with Gasteiger partial charge in [-0.15, -0.1) is 0 Å². The van der Waals surface area contributed by atoms with Crippen LogP contribution in [0.15, 0.2) is 46.8 Å². The predicted octanol–water partition coefficient (Wildman–Crippen LogP) is 7.89. The van der Waals surface area contributed by atoms with E-state index >= 15 is 0 Å². The highest BCUT2D eigenvalue weighted by atomic mass is 32.2. The lowest BCUT2D eigenvalue weighted by molar-refractivity contribution is -0.0318. The van der Waals surface area contributed by atoms with E-state index in [-0.39, 0.29) is 38.6 Å². The number of nitriles is 2. The molecule has 0 amide bonds. The molecule has 0 aliphatic heterocycles. The van der Waals surface area contributed by atoms with Gasteiger partial charge >= 0.3 is 11.3 Å². The molecule has 14 heteroatoms. The minimum atomic E-state index is -5.07. The molecule has 5 rings (SSSR count). The van der Waals surface area contributed by atoms with E-state index in [4.69, 9.17) is 13.1 Å². The van der Waals surface area contributed by atoms with Crippen molar-refractivity contribution >= 4 is 22.2 Å². The van der Waals surface area contributed by atoms with Gasteiger partial charge in [0.2, 0.25) is 0 Å². The van der Waals surface area contributed by atoms with Crippen molar-refractivity contribution in [1.29, 1.82) is 10.5 Å². The number of halogens is 9. The average molecular weight is 655 g/mol. The summed E-state index contributed by atoms with van der Waals surface area (Å²) in [6.45, 7) is 16.3. The summed E-state index contributed by atoms with van der Waals surface area (Å²) in [5, 5.41) is 18.8. The topological polar surface area (TPSA) is 56.3 Å². The van der Waals surface area contributed by atoms with Gasteiger partial charge in [-0.1, -0.05) is 0 Å². The number of hydrogen-bond acceptors (Lipinski definition) is 3. The van der Waals surface area contributed by atoms with Gasteiger partial charge in [-0.3, -0.25) is 0 Å². The highest BCUT2D eigenvalue weighted by molar-refractivity contribution is 8.09. The maximum absolute atomic E-state index is 14.7. The average Bonchev–Trinajstić information content (AvgIpc) is 3.51. The van der Waals surface area contributed by atoms with E-state index in [0.29, 0.717) is 24.3 Å². The summed E-state index contributed by atoms with van der Waals surface area (Å²) in [6.07, 6.45) is -1.05. The number of fused-ring (bicyclic) bond motifs is 2. The van der Waals surface area contributed by atoms with E-state index < -0.39 is 103 Å². The van der Waals surface area contributed by atoms with E-state index in [9.17, 15) is 50.0 Å². The lowest BCUT2D eigenvalue weighted by Gasteiger charge is -2.17. The molecule has 0 spiro atoms. The molecule has 3 aromatic carbocycles. The minimum absolute atomic E-state index is 0.00262. The Hall–Kier alpha value is -5.44. The number of nitrogens with zero attached hydrogens (tertiary/aromatic N) is 4. The zero-order chi connectivity index (χ0) is 33.8. The van der Waals surface area contributed by atoms with Crippen LogP contribution in [0.2, 0.25) is 0 Å². The summed E-state index contributed by atoms with van der Waals surface area (Å²) in [5.74, 6) is -11.0. The molecule has 0 atom stereocenters. The Morgan fingerprint density at radius 3 is 1.57 bits per heavy atom. The van der Waals surface area contributed by atoms with Crippen LogP contribution in [0, 0.1) is 70.7 Å². The zero-order valence-electron chi connectivity index (χ0n) is 22.8. The second-order valence-electron chi connectivity index (χ2n) is 9.92. The summed E-state index contributed by atoms with van der Waals surface area (Å²) < 4.78 is 129. The van der Waals surface area contributed by atoms with Crippen LogP contribution in [0.3, 0.4) is 0 Å². The van der Waals surface area contributed by atoms with Crippen molar-refractivity contribution in [3.05, 3.63) is 126 Å². The quantitative estimate of drug-likeness (QED) is 0.125. The number of benzene rings is 3. The predicted molar refractivity (Wildman–Crippen MR) is 148 cm³/mol. The smallest absolute Gasteiger partial charge is 0.204 e. The molecule has 0 radical (unpaired) electrons. The van der Waals surface area contributed by atoms with Gasteiger partial charge in [-0.2, -0.15) is 33.4 Å². The van der Waals surface area contributed by atoms with Gasteiger partial charge in [0.05, 0.1) is 5.57 Å². The first-order valence-corrected chi connectivity index (χ1v) is 13.5. The van der Waals surface area contributed by atoms with Crippen LogP contribution >= 0.6 is 11.8 Å². The molecule has 0 saturated heterocycles. The highest BCUT2D eigenvalue weighted by Gasteiger charge is 2.40. The fraction of sp³-hybridized carbons (Fsp3) is 0.125. The number of rotatable bonds is 3. The van der Waals surface area contributed by atoms with E-state index in [1.165, 1.54) is 19.1 Å².